The maximum Gasteiger partial charge on any atom is 0.272 e. The Labute approximate surface area is 164 Å². The molecule has 2 aromatic carbocycles. The van der Waals surface area contributed by atoms with Crippen molar-refractivity contribution in [3.05, 3.63) is 63.2 Å². The van der Waals surface area contributed by atoms with Crippen LogP contribution in [0.2, 0.25) is 15.1 Å². The van der Waals surface area contributed by atoms with Crippen LogP contribution < -0.4 is 5.32 Å². The average molecular weight is 411 g/mol. The van der Waals surface area contributed by atoms with Gasteiger partial charge >= 0.3 is 0 Å². The number of carbonyl (C=O) groups excluding carboxylic acids is 2. The summed E-state index contributed by atoms with van der Waals surface area (Å²) in [7, 11) is 1.52. The molecule has 3 rings (SSSR count). The van der Waals surface area contributed by atoms with Crippen molar-refractivity contribution in [2.75, 3.05) is 18.9 Å². The van der Waals surface area contributed by atoms with Gasteiger partial charge in [-0.3, -0.25) is 9.59 Å². The molecule has 0 spiro atoms. The topological polar surface area (TPSA) is 65.2 Å². The molecule has 0 aliphatic rings. The van der Waals surface area contributed by atoms with Crippen molar-refractivity contribution in [1.29, 1.82) is 0 Å². The van der Waals surface area contributed by atoms with Crippen molar-refractivity contribution < 1.29 is 9.59 Å². The maximum atomic E-state index is 12.6. The number of nitrogens with zero attached hydrogens (tertiary/aromatic N) is 1. The van der Waals surface area contributed by atoms with E-state index in [0.29, 0.717) is 26.6 Å². The van der Waals surface area contributed by atoms with Crippen molar-refractivity contribution in [2.24, 2.45) is 0 Å². The van der Waals surface area contributed by atoms with Gasteiger partial charge in [-0.15, -0.1) is 0 Å². The fourth-order valence-electron chi connectivity index (χ4n) is 2.52. The van der Waals surface area contributed by atoms with E-state index < -0.39 is 5.91 Å². The monoisotopic (exact) mass is 409 g/mol. The zero-order chi connectivity index (χ0) is 18.8. The number of aromatic amines is 1. The third-order valence-electron chi connectivity index (χ3n) is 3.75. The van der Waals surface area contributed by atoms with Gasteiger partial charge in [-0.1, -0.05) is 40.9 Å². The van der Waals surface area contributed by atoms with E-state index in [9.17, 15) is 9.59 Å². The predicted octanol–water partition coefficient (Wildman–Crippen LogP) is 4.84. The van der Waals surface area contributed by atoms with E-state index in [0.717, 1.165) is 0 Å². The Morgan fingerprint density at radius 1 is 1.08 bits per heavy atom. The average Bonchev–Trinajstić information content (AvgIpc) is 2.90. The molecule has 0 fully saturated rings. The summed E-state index contributed by atoms with van der Waals surface area (Å²) in [6.45, 7) is -0.141. The number of aromatic nitrogens is 1. The molecule has 1 aromatic heterocycles. The summed E-state index contributed by atoms with van der Waals surface area (Å²) in [5.74, 6) is -0.748. The highest BCUT2D eigenvalue weighted by atomic mass is 35.5. The van der Waals surface area contributed by atoms with Crippen LogP contribution in [0.1, 0.15) is 10.5 Å². The summed E-state index contributed by atoms with van der Waals surface area (Å²) in [5, 5.41) is 4.65. The van der Waals surface area contributed by atoms with Gasteiger partial charge in [0, 0.05) is 33.7 Å². The van der Waals surface area contributed by atoms with E-state index in [1.54, 1.807) is 42.5 Å². The Bertz CT molecular complexity index is 1000. The number of halogens is 3. The van der Waals surface area contributed by atoms with E-state index >= 15 is 0 Å². The van der Waals surface area contributed by atoms with Gasteiger partial charge in [-0.05, 0) is 36.4 Å². The highest BCUT2D eigenvalue weighted by Gasteiger charge is 2.21. The normalized spacial score (nSPS) is 10.8. The van der Waals surface area contributed by atoms with Gasteiger partial charge in [0.25, 0.3) is 5.91 Å². The Morgan fingerprint density at radius 3 is 2.54 bits per heavy atom. The summed E-state index contributed by atoms with van der Waals surface area (Å²) in [4.78, 5) is 29.0. The van der Waals surface area contributed by atoms with Gasteiger partial charge < -0.3 is 15.2 Å². The molecule has 26 heavy (non-hydrogen) atoms. The first-order chi connectivity index (χ1) is 12.3. The number of hydrogen-bond acceptors (Lipinski definition) is 2. The number of hydrogen-bond donors (Lipinski definition) is 2. The number of benzene rings is 2. The summed E-state index contributed by atoms with van der Waals surface area (Å²) < 4.78 is 0. The minimum absolute atomic E-state index is 0.141. The number of amides is 2. The molecule has 1 heterocycles. The highest BCUT2D eigenvalue weighted by molar-refractivity contribution is 6.39. The Morgan fingerprint density at radius 2 is 1.81 bits per heavy atom. The lowest BCUT2D eigenvalue weighted by Gasteiger charge is -2.16. The fourth-order valence-corrected chi connectivity index (χ4v) is 3.17. The first kappa shape index (κ1) is 18.6. The molecule has 0 bridgehead atoms. The van der Waals surface area contributed by atoms with Gasteiger partial charge in [0.1, 0.15) is 5.69 Å². The molecule has 8 heteroatoms. The number of H-pyrrole nitrogens is 1. The molecular formula is C18H14Cl3N3O2. The molecule has 0 aliphatic carbocycles. The van der Waals surface area contributed by atoms with E-state index in [-0.39, 0.29) is 23.2 Å². The van der Waals surface area contributed by atoms with Gasteiger partial charge in [-0.2, -0.15) is 0 Å². The molecule has 0 radical (unpaired) electrons. The molecule has 2 amide bonds. The molecule has 2 N–H and O–H groups in total. The second kappa shape index (κ2) is 7.58. The number of carbonyl (C=O) groups is 2. The fraction of sp³-hybridized carbons (Fsp3) is 0.111. The SMILES string of the molecule is CN(CC(=O)Nc1cccc(Cl)c1)C(=O)c1[nH]c2ccc(Cl)cc2c1Cl. The lowest BCUT2D eigenvalue weighted by atomic mass is 10.2. The molecule has 134 valence electrons. The zero-order valence-corrected chi connectivity index (χ0v) is 15.9. The molecule has 0 saturated heterocycles. The summed E-state index contributed by atoms with van der Waals surface area (Å²) in [6.07, 6.45) is 0. The number of anilines is 1. The molecule has 3 aromatic rings. The number of rotatable bonds is 4. The minimum Gasteiger partial charge on any atom is -0.349 e. The second-order valence-corrected chi connectivity index (χ2v) is 6.97. The minimum atomic E-state index is -0.399. The van der Waals surface area contributed by atoms with Crippen LogP contribution in [0.15, 0.2) is 42.5 Å². The van der Waals surface area contributed by atoms with Crippen LogP contribution in [-0.2, 0) is 4.79 Å². The predicted molar refractivity (Wildman–Crippen MR) is 105 cm³/mol. The first-order valence-electron chi connectivity index (χ1n) is 7.63. The Hall–Kier alpha value is -2.21. The molecule has 0 atom stereocenters. The molecule has 0 unspecified atom stereocenters. The zero-order valence-electron chi connectivity index (χ0n) is 13.6. The summed E-state index contributed by atoms with van der Waals surface area (Å²) >= 11 is 18.2. The van der Waals surface area contributed by atoms with Crippen molar-refractivity contribution in [1.82, 2.24) is 9.88 Å². The lowest BCUT2D eigenvalue weighted by molar-refractivity contribution is -0.116. The van der Waals surface area contributed by atoms with Crippen molar-refractivity contribution in [2.45, 2.75) is 0 Å². The molecule has 0 aliphatic heterocycles. The highest BCUT2D eigenvalue weighted by Crippen LogP contribution is 2.30. The number of likely N-dealkylation sites (N-methyl/N-ethyl adjacent to an activating group) is 1. The number of fused-ring (bicyclic) bond motifs is 1. The third kappa shape index (κ3) is 3.96. The van der Waals surface area contributed by atoms with Crippen LogP contribution in [0.4, 0.5) is 5.69 Å². The van der Waals surface area contributed by atoms with Crippen LogP contribution in [0.3, 0.4) is 0 Å². The van der Waals surface area contributed by atoms with E-state index in [4.69, 9.17) is 34.8 Å². The van der Waals surface area contributed by atoms with Gasteiger partial charge in [-0.25, -0.2) is 0 Å². The smallest absolute Gasteiger partial charge is 0.272 e. The number of nitrogens with one attached hydrogen (secondary N) is 2. The quantitative estimate of drug-likeness (QED) is 0.646. The van der Waals surface area contributed by atoms with Crippen LogP contribution >= 0.6 is 34.8 Å². The molecular weight excluding hydrogens is 397 g/mol. The third-order valence-corrected chi connectivity index (χ3v) is 4.61. The summed E-state index contributed by atoms with van der Waals surface area (Å²) in [6, 6.07) is 11.9. The largest absolute Gasteiger partial charge is 0.349 e. The van der Waals surface area contributed by atoms with Crippen molar-refractivity contribution in [3.63, 3.8) is 0 Å². The lowest BCUT2D eigenvalue weighted by Crippen LogP contribution is -2.35. The van der Waals surface area contributed by atoms with Crippen molar-refractivity contribution >= 4 is 63.2 Å². The van der Waals surface area contributed by atoms with Crippen LogP contribution in [0, 0.1) is 0 Å². The van der Waals surface area contributed by atoms with Crippen LogP contribution in [-0.4, -0.2) is 35.3 Å². The van der Waals surface area contributed by atoms with Crippen LogP contribution in [0.5, 0.6) is 0 Å². The standard InChI is InChI=1S/C18H14Cl3N3O2/c1-24(9-15(25)22-12-4-2-3-10(19)7-12)18(26)17-16(21)13-8-11(20)5-6-14(13)23-17/h2-8,23H,9H2,1H3,(H,22,25). The second-order valence-electron chi connectivity index (χ2n) is 5.72. The maximum absolute atomic E-state index is 12.6. The van der Waals surface area contributed by atoms with Gasteiger partial charge in [0.15, 0.2) is 0 Å². The summed E-state index contributed by atoms with van der Waals surface area (Å²) in [5.41, 5.74) is 1.46. The molecule has 5 nitrogen and oxygen atoms in total. The van der Waals surface area contributed by atoms with Crippen LogP contribution in [0.25, 0.3) is 10.9 Å². The van der Waals surface area contributed by atoms with E-state index in [1.165, 1.54) is 11.9 Å². The Kier molecular flexibility index (Phi) is 5.41. The molecule has 0 saturated carbocycles. The van der Waals surface area contributed by atoms with E-state index in [2.05, 4.69) is 10.3 Å². The first-order valence-corrected chi connectivity index (χ1v) is 8.76. The van der Waals surface area contributed by atoms with E-state index in [1.807, 2.05) is 0 Å². The van der Waals surface area contributed by atoms with Crippen molar-refractivity contribution in [3.8, 4) is 0 Å². The van der Waals surface area contributed by atoms with Gasteiger partial charge in [0.2, 0.25) is 5.91 Å². The van der Waals surface area contributed by atoms with Gasteiger partial charge in [0.05, 0.1) is 11.6 Å². The Balaban J connectivity index is 1.73.